The molecule has 9 heteroatoms. The van der Waals surface area contributed by atoms with Gasteiger partial charge in [-0.3, -0.25) is 0 Å². The third-order valence-electron chi connectivity index (χ3n) is 6.07. The van der Waals surface area contributed by atoms with Crippen molar-refractivity contribution in [2.45, 2.75) is 63.4 Å². The normalized spacial score (nSPS) is 28.4. The van der Waals surface area contributed by atoms with Crippen LogP contribution in [0.4, 0.5) is 4.39 Å². The molecule has 2 aliphatic rings. The van der Waals surface area contributed by atoms with Crippen LogP contribution in [0.5, 0.6) is 10.9 Å². The lowest BCUT2D eigenvalue weighted by Gasteiger charge is -2.48. The third-order valence-corrected chi connectivity index (χ3v) is 6.91. The summed E-state index contributed by atoms with van der Waals surface area (Å²) in [6.07, 6.45) is 3.75. The average Bonchev–Trinajstić information content (AvgIpc) is 3.34. The van der Waals surface area contributed by atoms with Crippen molar-refractivity contribution < 1.29 is 14.2 Å². The van der Waals surface area contributed by atoms with E-state index in [-0.39, 0.29) is 17.9 Å². The maximum Gasteiger partial charge on any atom is 0.294 e. The Labute approximate surface area is 177 Å². The van der Waals surface area contributed by atoms with E-state index in [1.165, 1.54) is 11.3 Å². The maximum atomic E-state index is 14.4. The number of aromatic nitrogens is 4. The molecule has 4 heterocycles. The monoisotopic (exact) mass is 429 g/mol. The first-order chi connectivity index (χ1) is 14.4. The van der Waals surface area contributed by atoms with Crippen molar-refractivity contribution in [3.63, 3.8) is 0 Å². The molecular formula is C21H24FN5O2S. The van der Waals surface area contributed by atoms with Crippen molar-refractivity contribution >= 4 is 11.3 Å². The molecule has 158 valence electrons. The number of phenolic OH excluding ortho intramolecular Hbond substituents is 1. The van der Waals surface area contributed by atoms with Crippen LogP contribution in [-0.4, -0.2) is 48.9 Å². The minimum absolute atomic E-state index is 0.0976. The quantitative estimate of drug-likeness (QED) is 0.656. The molecule has 4 unspecified atom stereocenters. The first-order valence-electron chi connectivity index (χ1n) is 10.2. The summed E-state index contributed by atoms with van der Waals surface area (Å²) < 4.78 is 22.2. The van der Waals surface area contributed by atoms with Crippen molar-refractivity contribution in [3.8, 4) is 27.2 Å². The van der Waals surface area contributed by atoms with Crippen LogP contribution in [0.15, 0.2) is 30.5 Å². The summed E-state index contributed by atoms with van der Waals surface area (Å²) in [5.74, 6) is 0.104. The minimum atomic E-state index is -0.862. The Balaban J connectivity index is 1.32. The van der Waals surface area contributed by atoms with E-state index in [9.17, 15) is 9.50 Å². The van der Waals surface area contributed by atoms with E-state index < -0.39 is 11.7 Å². The number of alkyl halides is 1. The van der Waals surface area contributed by atoms with Gasteiger partial charge in [0, 0.05) is 24.7 Å². The summed E-state index contributed by atoms with van der Waals surface area (Å²) in [5.41, 5.74) is 1.71. The predicted molar refractivity (Wildman–Crippen MR) is 112 cm³/mol. The zero-order valence-electron chi connectivity index (χ0n) is 16.9. The number of piperidine rings is 2. The highest BCUT2D eigenvalue weighted by Crippen LogP contribution is 2.39. The summed E-state index contributed by atoms with van der Waals surface area (Å²) >= 11 is 1.29. The van der Waals surface area contributed by atoms with Crippen molar-refractivity contribution in [1.82, 2.24) is 25.3 Å². The Morgan fingerprint density at radius 2 is 2.17 bits per heavy atom. The number of ether oxygens (including phenoxy) is 1. The molecular weight excluding hydrogens is 405 g/mol. The van der Waals surface area contributed by atoms with Gasteiger partial charge >= 0.3 is 0 Å². The second-order valence-corrected chi connectivity index (χ2v) is 9.40. The van der Waals surface area contributed by atoms with Crippen molar-refractivity contribution in [3.05, 3.63) is 36.2 Å². The van der Waals surface area contributed by atoms with Gasteiger partial charge in [0.2, 0.25) is 0 Å². The van der Waals surface area contributed by atoms with Crippen LogP contribution < -0.4 is 10.1 Å². The SMILES string of the molecule is Cc1ccn(-c2ccc(-c3nnc(OC4CC5CCC(F)C(C)(C4)N5)s3)c(O)c2)n1. The Hall–Kier alpha value is -2.52. The summed E-state index contributed by atoms with van der Waals surface area (Å²) in [7, 11) is 0. The lowest BCUT2D eigenvalue weighted by molar-refractivity contribution is -0.000127. The fraction of sp³-hybridized carbons (Fsp3) is 0.476. The number of rotatable bonds is 4. The van der Waals surface area contributed by atoms with Crippen LogP contribution >= 0.6 is 11.3 Å². The summed E-state index contributed by atoms with van der Waals surface area (Å²) in [4.78, 5) is 0. The first-order valence-corrected chi connectivity index (χ1v) is 11.0. The number of phenols is 1. The van der Waals surface area contributed by atoms with Crippen LogP contribution in [0.2, 0.25) is 0 Å². The maximum absolute atomic E-state index is 14.4. The molecule has 2 fully saturated rings. The largest absolute Gasteiger partial charge is 0.507 e. The van der Waals surface area contributed by atoms with Crippen LogP contribution in [0.25, 0.3) is 16.3 Å². The summed E-state index contributed by atoms with van der Waals surface area (Å²) in [5, 5.41) is 27.7. The number of benzene rings is 1. The van der Waals surface area contributed by atoms with Gasteiger partial charge < -0.3 is 15.2 Å². The van der Waals surface area contributed by atoms with Crippen LogP contribution in [-0.2, 0) is 0 Å². The Kier molecular flexibility index (Phi) is 4.74. The van der Waals surface area contributed by atoms with Gasteiger partial charge in [-0.1, -0.05) is 16.4 Å². The number of hydrogen-bond acceptors (Lipinski definition) is 7. The number of aromatic hydroxyl groups is 1. The Morgan fingerprint density at radius 1 is 1.30 bits per heavy atom. The molecule has 0 spiro atoms. The number of nitrogens with one attached hydrogen (secondary N) is 1. The van der Waals surface area contributed by atoms with E-state index in [1.54, 1.807) is 16.8 Å². The van der Waals surface area contributed by atoms with Crippen LogP contribution in [0, 0.1) is 6.92 Å². The fourth-order valence-electron chi connectivity index (χ4n) is 4.53. The number of hydrogen-bond donors (Lipinski definition) is 2. The Bertz CT molecular complexity index is 1070. The lowest BCUT2D eigenvalue weighted by atomic mass is 9.75. The molecule has 1 aromatic carbocycles. The van der Waals surface area contributed by atoms with Crippen molar-refractivity contribution in [1.29, 1.82) is 0 Å². The van der Waals surface area contributed by atoms with E-state index in [0.717, 1.165) is 24.2 Å². The Morgan fingerprint density at radius 3 is 2.93 bits per heavy atom. The zero-order valence-corrected chi connectivity index (χ0v) is 17.7. The third kappa shape index (κ3) is 3.56. The van der Waals surface area contributed by atoms with Crippen LogP contribution in [0.1, 0.15) is 38.3 Å². The molecule has 0 amide bonds. The molecule has 7 nitrogen and oxygen atoms in total. The average molecular weight is 430 g/mol. The highest BCUT2D eigenvalue weighted by atomic mass is 32.1. The zero-order chi connectivity index (χ0) is 20.9. The van der Waals surface area contributed by atoms with Gasteiger partial charge in [0.25, 0.3) is 5.19 Å². The predicted octanol–water partition coefficient (Wildman–Crippen LogP) is 3.79. The van der Waals surface area contributed by atoms with Gasteiger partial charge in [-0.2, -0.15) is 5.10 Å². The van der Waals surface area contributed by atoms with Crippen LogP contribution in [0.3, 0.4) is 0 Å². The van der Waals surface area contributed by atoms with E-state index in [2.05, 4.69) is 20.6 Å². The second-order valence-electron chi connectivity index (χ2n) is 8.46. The number of nitrogens with zero attached hydrogens (tertiary/aromatic N) is 4. The van der Waals surface area contributed by atoms with Gasteiger partial charge in [0.15, 0.2) is 5.01 Å². The van der Waals surface area contributed by atoms with Gasteiger partial charge in [-0.05, 0) is 51.3 Å². The van der Waals surface area contributed by atoms with E-state index in [4.69, 9.17) is 4.74 Å². The smallest absolute Gasteiger partial charge is 0.294 e. The molecule has 3 aromatic rings. The molecule has 4 atom stereocenters. The molecule has 2 aliphatic heterocycles. The topological polar surface area (TPSA) is 85.1 Å². The molecule has 2 N–H and O–H groups in total. The fourth-order valence-corrected chi connectivity index (χ4v) is 5.33. The number of aryl methyl sites for hydroxylation is 1. The van der Waals surface area contributed by atoms with Gasteiger partial charge in [0.1, 0.15) is 18.0 Å². The lowest BCUT2D eigenvalue weighted by Crippen LogP contribution is -2.64. The van der Waals surface area contributed by atoms with Gasteiger partial charge in [-0.15, -0.1) is 5.10 Å². The molecule has 30 heavy (non-hydrogen) atoms. The second kappa shape index (κ2) is 7.31. The minimum Gasteiger partial charge on any atom is -0.507 e. The van der Waals surface area contributed by atoms with Crippen molar-refractivity contribution in [2.75, 3.05) is 0 Å². The summed E-state index contributed by atoms with van der Waals surface area (Å²) in [6.45, 7) is 3.85. The van der Waals surface area contributed by atoms with Gasteiger partial charge in [-0.25, -0.2) is 9.07 Å². The van der Waals surface area contributed by atoms with E-state index in [0.29, 0.717) is 28.6 Å². The highest BCUT2D eigenvalue weighted by Gasteiger charge is 2.46. The first kappa shape index (κ1) is 19.4. The highest BCUT2D eigenvalue weighted by molar-refractivity contribution is 7.16. The summed E-state index contributed by atoms with van der Waals surface area (Å²) in [6, 6.07) is 7.50. The number of halogens is 1. The standard InChI is InChI=1S/C21H24FN5O2S/c1-12-7-8-27(26-12)14-4-5-16(17(28)10-14)19-24-25-20(30-19)29-15-9-13-3-6-18(22)21(2,11-15)23-13/h4-5,7-8,10,13,15,18,23,28H,3,6,9,11H2,1-2H3. The molecule has 2 aromatic heterocycles. The molecule has 5 rings (SSSR count). The van der Waals surface area contributed by atoms with Gasteiger partial charge in [0.05, 0.1) is 22.5 Å². The molecule has 0 radical (unpaired) electrons. The molecule has 2 saturated heterocycles. The number of fused-ring (bicyclic) bond motifs is 2. The van der Waals surface area contributed by atoms with E-state index in [1.807, 2.05) is 32.2 Å². The van der Waals surface area contributed by atoms with E-state index >= 15 is 0 Å². The molecule has 0 aliphatic carbocycles. The van der Waals surface area contributed by atoms with Crippen molar-refractivity contribution in [2.24, 2.45) is 0 Å². The molecule has 0 saturated carbocycles. The molecule has 2 bridgehead atoms.